The quantitative estimate of drug-likeness (QED) is 0.357. The third kappa shape index (κ3) is 11.9. The lowest BCUT2D eigenvalue weighted by atomic mass is 10.1. The fourth-order valence-corrected chi connectivity index (χ4v) is 2.74. The second-order valence-electron chi connectivity index (χ2n) is 6.76. The maximum absolute atomic E-state index is 12.1. The third-order valence-corrected chi connectivity index (χ3v) is 4.25. The molecule has 156 valence electrons. The zero-order chi connectivity index (χ0) is 20.6. The highest BCUT2D eigenvalue weighted by Gasteiger charge is 2.08. The molecule has 0 aromatic heterocycles. The Morgan fingerprint density at radius 3 is 1.93 bits per heavy atom. The Hall–Kier alpha value is -2.57. The number of ether oxygens (including phenoxy) is 1. The Bertz CT molecular complexity index is 617. The molecule has 0 aliphatic heterocycles. The van der Waals surface area contributed by atoms with E-state index in [0.717, 1.165) is 38.5 Å². The smallest absolute Gasteiger partial charge is 0.303 e. The van der Waals surface area contributed by atoms with Crippen LogP contribution in [0.4, 0.5) is 5.69 Å². The molecule has 3 N–H and O–H groups in total. The fraction of sp³-hybridized carbons (Fsp3) is 0.571. The molecule has 1 rings (SSSR count). The van der Waals surface area contributed by atoms with Crippen molar-refractivity contribution >= 4 is 23.5 Å². The molecule has 0 aliphatic rings. The fourth-order valence-electron chi connectivity index (χ4n) is 2.74. The number of amides is 1. The van der Waals surface area contributed by atoms with Crippen LogP contribution in [0, 0.1) is 0 Å². The number of hydrogen-bond donors (Lipinski definition) is 3. The van der Waals surface area contributed by atoms with Crippen LogP contribution in [-0.4, -0.2) is 34.7 Å². The number of carbonyl (C=O) groups excluding carboxylic acids is 1. The van der Waals surface area contributed by atoms with E-state index >= 15 is 0 Å². The Morgan fingerprint density at radius 1 is 0.750 bits per heavy atom. The summed E-state index contributed by atoms with van der Waals surface area (Å²) >= 11 is 0. The zero-order valence-corrected chi connectivity index (χ0v) is 16.3. The minimum Gasteiger partial charge on any atom is -0.491 e. The number of benzene rings is 1. The normalized spacial score (nSPS) is 10.4. The summed E-state index contributed by atoms with van der Waals surface area (Å²) in [7, 11) is 0. The zero-order valence-electron chi connectivity index (χ0n) is 16.3. The summed E-state index contributed by atoms with van der Waals surface area (Å²) in [5.74, 6) is -0.999. The van der Waals surface area contributed by atoms with Crippen molar-refractivity contribution in [3.05, 3.63) is 24.3 Å². The number of nitrogens with one attached hydrogen (secondary N) is 1. The van der Waals surface area contributed by atoms with Crippen LogP contribution in [0.1, 0.15) is 70.6 Å². The molecular formula is C21H31NO6. The summed E-state index contributed by atoms with van der Waals surface area (Å²) in [6.07, 6.45) is 7.14. The maximum Gasteiger partial charge on any atom is 0.303 e. The maximum atomic E-state index is 12.1. The topological polar surface area (TPSA) is 113 Å². The van der Waals surface area contributed by atoms with E-state index in [-0.39, 0.29) is 18.7 Å². The predicted molar refractivity (Wildman–Crippen MR) is 107 cm³/mol. The van der Waals surface area contributed by atoms with E-state index in [0.29, 0.717) is 37.3 Å². The number of anilines is 1. The van der Waals surface area contributed by atoms with E-state index in [1.165, 1.54) is 0 Å². The largest absolute Gasteiger partial charge is 0.491 e. The Morgan fingerprint density at radius 2 is 1.29 bits per heavy atom. The van der Waals surface area contributed by atoms with Crippen LogP contribution in [0.3, 0.4) is 0 Å². The molecule has 0 unspecified atom stereocenters. The summed E-state index contributed by atoms with van der Waals surface area (Å²) in [4.78, 5) is 33.0. The number of para-hydroxylation sites is 2. The molecule has 0 atom stereocenters. The standard InChI is InChI=1S/C21H31NO6/c23-19(13-5-2-1-3-6-14-20(24)25)22-17-11-8-9-12-18(17)28-16-10-4-7-15-21(26)27/h8-9,11-12H,1-7,10,13-16H2,(H,22,23)(H,24,25)(H,26,27). The van der Waals surface area contributed by atoms with Crippen LogP contribution < -0.4 is 10.1 Å². The average molecular weight is 393 g/mol. The van der Waals surface area contributed by atoms with E-state index in [4.69, 9.17) is 14.9 Å². The number of carboxylic acid groups (broad SMARTS) is 2. The minimum absolute atomic E-state index is 0.0666. The molecule has 0 fully saturated rings. The van der Waals surface area contributed by atoms with Crippen LogP contribution in [0.25, 0.3) is 0 Å². The highest BCUT2D eigenvalue weighted by Crippen LogP contribution is 2.24. The first-order valence-electron chi connectivity index (χ1n) is 9.94. The van der Waals surface area contributed by atoms with Gasteiger partial charge in [0, 0.05) is 19.3 Å². The minimum atomic E-state index is -0.783. The molecule has 1 amide bonds. The summed E-state index contributed by atoms with van der Waals surface area (Å²) in [6, 6.07) is 7.27. The third-order valence-electron chi connectivity index (χ3n) is 4.25. The van der Waals surface area contributed by atoms with Gasteiger partial charge in [0.25, 0.3) is 0 Å². The summed E-state index contributed by atoms with van der Waals surface area (Å²) in [6.45, 7) is 0.475. The Labute approximate surface area is 166 Å². The van der Waals surface area contributed by atoms with Gasteiger partial charge in [0.2, 0.25) is 5.91 Å². The molecule has 0 aliphatic carbocycles. The molecular weight excluding hydrogens is 362 g/mol. The van der Waals surface area contributed by atoms with Gasteiger partial charge in [-0.25, -0.2) is 0 Å². The van der Waals surface area contributed by atoms with Gasteiger partial charge in [-0.2, -0.15) is 0 Å². The number of rotatable bonds is 16. The van der Waals surface area contributed by atoms with E-state index < -0.39 is 11.9 Å². The lowest BCUT2D eigenvalue weighted by Gasteiger charge is -2.12. The van der Waals surface area contributed by atoms with Gasteiger partial charge in [-0.05, 0) is 44.2 Å². The predicted octanol–water partition coefficient (Wildman–Crippen LogP) is 4.46. The van der Waals surface area contributed by atoms with Gasteiger partial charge in [-0.1, -0.05) is 31.4 Å². The van der Waals surface area contributed by atoms with Gasteiger partial charge < -0.3 is 20.3 Å². The van der Waals surface area contributed by atoms with Crippen LogP contribution in [0.2, 0.25) is 0 Å². The van der Waals surface area contributed by atoms with Crippen molar-refractivity contribution in [2.75, 3.05) is 11.9 Å². The van der Waals surface area contributed by atoms with Gasteiger partial charge in [0.05, 0.1) is 12.3 Å². The molecule has 0 heterocycles. The van der Waals surface area contributed by atoms with Gasteiger partial charge in [-0.15, -0.1) is 0 Å². The first kappa shape index (κ1) is 23.5. The highest BCUT2D eigenvalue weighted by atomic mass is 16.5. The molecule has 0 saturated heterocycles. The van der Waals surface area contributed by atoms with Crippen molar-refractivity contribution in [3.8, 4) is 5.75 Å². The number of carboxylic acids is 2. The van der Waals surface area contributed by atoms with Crippen molar-refractivity contribution in [2.24, 2.45) is 0 Å². The van der Waals surface area contributed by atoms with Crippen molar-refractivity contribution in [1.82, 2.24) is 0 Å². The first-order valence-corrected chi connectivity index (χ1v) is 9.94. The molecule has 7 heteroatoms. The summed E-state index contributed by atoms with van der Waals surface area (Å²) in [5, 5.41) is 20.1. The molecule has 0 bridgehead atoms. The van der Waals surface area contributed by atoms with Crippen molar-refractivity contribution in [2.45, 2.75) is 70.6 Å². The van der Waals surface area contributed by atoms with E-state index in [1.807, 2.05) is 12.1 Å². The number of unbranched alkanes of at least 4 members (excludes halogenated alkanes) is 6. The monoisotopic (exact) mass is 393 g/mol. The molecule has 0 spiro atoms. The van der Waals surface area contributed by atoms with Gasteiger partial charge >= 0.3 is 11.9 Å². The molecule has 28 heavy (non-hydrogen) atoms. The van der Waals surface area contributed by atoms with Crippen LogP contribution in [0.15, 0.2) is 24.3 Å². The number of carbonyl (C=O) groups is 3. The van der Waals surface area contributed by atoms with E-state index in [2.05, 4.69) is 5.32 Å². The summed E-state index contributed by atoms with van der Waals surface area (Å²) in [5.41, 5.74) is 0.638. The van der Waals surface area contributed by atoms with Crippen LogP contribution >= 0.6 is 0 Å². The molecule has 0 radical (unpaired) electrons. The van der Waals surface area contributed by atoms with Gasteiger partial charge in [-0.3, -0.25) is 14.4 Å². The van der Waals surface area contributed by atoms with E-state index in [9.17, 15) is 14.4 Å². The Kier molecular flexibility index (Phi) is 12.1. The Balaban J connectivity index is 2.23. The van der Waals surface area contributed by atoms with Crippen molar-refractivity contribution in [1.29, 1.82) is 0 Å². The molecule has 7 nitrogen and oxygen atoms in total. The van der Waals surface area contributed by atoms with Gasteiger partial charge in [0.15, 0.2) is 0 Å². The first-order chi connectivity index (χ1) is 13.5. The number of aliphatic carboxylic acids is 2. The lowest BCUT2D eigenvalue weighted by Crippen LogP contribution is -2.12. The molecule has 1 aromatic carbocycles. The average Bonchev–Trinajstić information content (AvgIpc) is 2.64. The second kappa shape index (κ2) is 14.5. The van der Waals surface area contributed by atoms with E-state index in [1.54, 1.807) is 12.1 Å². The van der Waals surface area contributed by atoms with Crippen molar-refractivity contribution < 1.29 is 29.3 Å². The lowest BCUT2D eigenvalue weighted by molar-refractivity contribution is -0.138. The van der Waals surface area contributed by atoms with Gasteiger partial charge in [0.1, 0.15) is 5.75 Å². The highest BCUT2D eigenvalue weighted by molar-refractivity contribution is 5.92. The van der Waals surface area contributed by atoms with Crippen LogP contribution in [-0.2, 0) is 14.4 Å². The van der Waals surface area contributed by atoms with Crippen molar-refractivity contribution in [3.63, 3.8) is 0 Å². The van der Waals surface area contributed by atoms with Crippen LogP contribution in [0.5, 0.6) is 5.75 Å². The molecule has 1 aromatic rings. The SMILES string of the molecule is O=C(O)CCCCCCCC(=O)Nc1ccccc1OCCCCCC(=O)O. The number of hydrogen-bond acceptors (Lipinski definition) is 4. The second-order valence-corrected chi connectivity index (χ2v) is 6.76. The molecule has 0 saturated carbocycles. The summed E-state index contributed by atoms with van der Waals surface area (Å²) < 4.78 is 5.72.